The number of nitrogens with two attached hydrogens (primary N) is 1. The molecule has 0 aliphatic rings. The summed E-state index contributed by atoms with van der Waals surface area (Å²) in [5.41, 5.74) is 8.74. The molecule has 0 radical (unpaired) electrons. The van der Waals surface area contributed by atoms with E-state index in [1.807, 2.05) is 19.1 Å². The number of nitrogens with zero attached hydrogens (tertiary/aromatic N) is 3. The van der Waals surface area contributed by atoms with E-state index in [-0.39, 0.29) is 0 Å². The Morgan fingerprint density at radius 2 is 2.00 bits per heavy atom. The molecule has 0 bridgehead atoms. The summed E-state index contributed by atoms with van der Waals surface area (Å²) >= 11 is 3.46. The number of anilines is 1. The lowest BCUT2D eigenvalue weighted by Gasteiger charge is -2.10. The van der Waals surface area contributed by atoms with Gasteiger partial charge in [0, 0.05) is 17.5 Å². The molecule has 2 rings (SSSR count). The van der Waals surface area contributed by atoms with Crippen LogP contribution in [0.25, 0.3) is 11.4 Å². The van der Waals surface area contributed by atoms with E-state index >= 15 is 0 Å². The largest absolute Gasteiger partial charge is 0.383 e. The summed E-state index contributed by atoms with van der Waals surface area (Å²) in [6.45, 7) is 6.25. The number of hydrogen-bond acceptors (Lipinski definition) is 4. The minimum absolute atomic E-state index is 0.473. The van der Waals surface area contributed by atoms with E-state index in [0.29, 0.717) is 17.6 Å². The van der Waals surface area contributed by atoms with Crippen molar-refractivity contribution in [3.63, 3.8) is 0 Å². The number of halogens is 1. The third kappa shape index (κ3) is 3.29. The maximum Gasteiger partial charge on any atom is 0.163 e. The first-order valence-corrected chi connectivity index (χ1v) is 7.01. The molecule has 5 heteroatoms. The zero-order valence-corrected chi connectivity index (χ0v) is 12.9. The van der Waals surface area contributed by atoms with E-state index in [0.717, 1.165) is 27.8 Å². The summed E-state index contributed by atoms with van der Waals surface area (Å²) in [6, 6.07) is 3.91. The average molecular weight is 321 g/mol. The number of aryl methyl sites for hydroxylation is 1. The van der Waals surface area contributed by atoms with Gasteiger partial charge in [0.2, 0.25) is 0 Å². The van der Waals surface area contributed by atoms with Crippen molar-refractivity contribution in [2.24, 2.45) is 5.92 Å². The van der Waals surface area contributed by atoms with Crippen molar-refractivity contribution in [3.8, 4) is 11.4 Å². The first-order chi connectivity index (χ1) is 8.97. The molecule has 0 atom stereocenters. The van der Waals surface area contributed by atoms with Gasteiger partial charge in [-0.05, 0) is 47.3 Å². The zero-order valence-electron chi connectivity index (χ0n) is 11.3. The molecule has 0 saturated carbocycles. The molecular formula is C14H17BrN4. The van der Waals surface area contributed by atoms with E-state index in [4.69, 9.17) is 5.73 Å². The van der Waals surface area contributed by atoms with Crippen molar-refractivity contribution in [2.75, 3.05) is 5.73 Å². The van der Waals surface area contributed by atoms with Gasteiger partial charge in [0.1, 0.15) is 5.82 Å². The maximum atomic E-state index is 5.95. The van der Waals surface area contributed by atoms with Crippen molar-refractivity contribution in [1.29, 1.82) is 0 Å². The van der Waals surface area contributed by atoms with Crippen LogP contribution in [-0.2, 0) is 6.42 Å². The molecule has 0 spiro atoms. The summed E-state index contributed by atoms with van der Waals surface area (Å²) in [5, 5.41) is 0. The molecule has 0 aliphatic heterocycles. The predicted molar refractivity (Wildman–Crippen MR) is 80.7 cm³/mol. The first-order valence-electron chi connectivity index (χ1n) is 6.22. The Kier molecular flexibility index (Phi) is 4.14. The SMILES string of the molecule is Cc1ccc(-c2nc(N)c(Br)c(CC(C)C)n2)cn1. The van der Waals surface area contributed by atoms with Crippen LogP contribution in [-0.4, -0.2) is 15.0 Å². The second-order valence-electron chi connectivity index (χ2n) is 4.98. The van der Waals surface area contributed by atoms with E-state index in [2.05, 4.69) is 44.7 Å². The quantitative estimate of drug-likeness (QED) is 0.941. The summed E-state index contributed by atoms with van der Waals surface area (Å²) in [5.74, 6) is 1.61. The third-order valence-electron chi connectivity index (χ3n) is 2.72. The average Bonchev–Trinajstić information content (AvgIpc) is 2.35. The highest BCUT2D eigenvalue weighted by molar-refractivity contribution is 9.10. The van der Waals surface area contributed by atoms with Gasteiger partial charge < -0.3 is 5.73 Å². The Hall–Kier alpha value is -1.49. The van der Waals surface area contributed by atoms with Crippen molar-refractivity contribution in [2.45, 2.75) is 27.2 Å². The summed E-state index contributed by atoms with van der Waals surface area (Å²) in [6.07, 6.45) is 2.64. The van der Waals surface area contributed by atoms with Crippen molar-refractivity contribution in [3.05, 3.63) is 34.2 Å². The van der Waals surface area contributed by atoms with Crippen LogP contribution < -0.4 is 5.73 Å². The van der Waals surface area contributed by atoms with Crippen molar-refractivity contribution >= 4 is 21.7 Å². The summed E-state index contributed by atoms with van der Waals surface area (Å²) < 4.78 is 0.796. The minimum Gasteiger partial charge on any atom is -0.383 e. The highest BCUT2D eigenvalue weighted by atomic mass is 79.9. The van der Waals surface area contributed by atoms with Crippen LogP contribution in [0.4, 0.5) is 5.82 Å². The molecule has 4 nitrogen and oxygen atoms in total. The molecule has 0 aliphatic carbocycles. The predicted octanol–water partition coefficient (Wildman–Crippen LogP) is 3.39. The third-order valence-corrected chi connectivity index (χ3v) is 3.58. The monoisotopic (exact) mass is 320 g/mol. The van der Waals surface area contributed by atoms with Gasteiger partial charge in [-0.1, -0.05) is 13.8 Å². The highest BCUT2D eigenvalue weighted by Crippen LogP contribution is 2.26. The van der Waals surface area contributed by atoms with Gasteiger partial charge in [-0.2, -0.15) is 0 Å². The Labute approximate surface area is 121 Å². The second kappa shape index (κ2) is 5.65. The lowest BCUT2D eigenvalue weighted by Crippen LogP contribution is -2.05. The Morgan fingerprint density at radius 1 is 1.26 bits per heavy atom. The molecule has 0 amide bonds. The van der Waals surface area contributed by atoms with Gasteiger partial charge in [0.15, 0.2) is 5.82 Å². The Balaban J connectivity index is 2.46. The summed E-state index contributed by atoms with van der Waals surface area (Å²) in [4.78, 5) is 13.2. The molecule has 100 valence electrons. The molecule has 19 heavy (non-hydrogen) atoms. The minimum atomic E-state index is 0.473. The van der Waals surface area contributed by atoms with Crippen LogP contribution >= 0.6 is 15.9 Å². The molecule has 0 fully saturated rings. The Bertz CT molecular complexity index is 579. The summed E-state index contributed by atoms with van der Waals surface area (Å²) in [7, 11) is 0. The highest BCUT2D eigenvalue weighted by Gasteiger charge is 2.12. The standard InChI is InChI=1S/C14H17BrN4/c1-8(2)6-11-12(15)13(16)19-14(18-11)10-5-4-9(3)17-7-10/h4-5,7-8H,6H2,1-3H3,(H2,16,18,19). The number of rotatable bonds is 3. The van der Waals surface area contributed by atoms with E-state index in [1.165, 1.54) is 0 Å². The Morgan fingerprint density at radius 3 is 2.58 bits per heavy atom. The zero-order chi connectivity index (χ0) is 14.0. The molecule has 0 unspecified atom stereocenters. The maximum absolute atomic E-state index is 5.95. The van der Waals surface area contributed by atoms with Crippen LogP contribution in [0.1, 0.15) is 25.2 Å². The lowest BCUT2D eigenvalue weighted by atomic mass is 10.1. The van der Waals surface area contributed by atoms with Crippen molar-refractivity contribution < 1.29 is 0 Å². The molecular weight excluding hydrogens is 304 g/mol. The smallest absolute Gasteiger partial charge is 0.163 e. The fraction of sp³-hybridized carbons (Fsp3) is 0.357. The van der Waals surface area contributed by atoms with Gasteiger partial charge in [0.05, 0.1) is 10.2 Å². The molecule has 0 aromatic carbocycles. The number of pyridine rings is 1. The molecule has 2 aromatic heterocycles. The van der Waals surface area contributed by atoms with Crippen LogP contribution in [0.3, 0.4) is 0 Å². The molecule has 2 N–H and O–H groups in total. The normalized spacial score (nSPS) is 11.0. The molecule has 0 saturated heterocycles. The van der Waals surface area contributed by atoms with Crippen LogP contribution in [0.15, 0.2) is 22.8 Å². The fourth-order valence-corrected chi connectivity index (χ4v) is 2.10. The van der Waals surface area contributed by atoms with E-state index < -0.39 is 0 Å². The second-order valence-corrected chi connectivity index (χ2v) is 5.77. The number of nitrogen functional groups attached to an aromatic ring is 1. The van der Waals surface area contributed by atoms with Gasteiger partial charge in [0.25, 0.3) is 0 Å². The van der Waals surface area contributed by atoms with Gasteiger partial charge >= 0.3 is 0 Å². The van der Waals surface area contributed by atoms with Crippen LogP contribution in [0.2, 0.25) is 0 Å². The van der Waals surface area contributed by atoms with Gasteiger partial charge in [-0.25, -0.2) is 9.97 Å². The number of aromatic nitrogens is 3. The van der Waals surface area contributed by atoms with Gasteiger partial charge in [-0.3, -0.25) is 4.98 Å². The first kappa shape index (κ1) is 13.9. The molecule has 2 heterocycles. The number of hydrogen-bond donors (Lipinski definition) is 1. The van der Waals surface area contributed by atoms with Crippen molar-refractivity contribution in [1.82, 2.24) is 15.0 Å². The topological polar surface area (TPSA) is 64.7 Å². The van der Waals surface area contributed by atoms with E-state index in [9.17, 15) is 0 Å². The fourth-order valence-electron chi connectivity index (χ4n) is 1.76. The van der Waals surface area contributed by atoms with Crippen LogP contribution in [0, 0.1) is 12.8 Å². The van der Waals surface area contributed by atoms with Gasteiger partial charge in [-0.15, -0.1) is 0 Å². The molecule has 2 aromatic rings. The van der Waals surface area contributed by atoms with E-state index in [1.54, 1.807) is 6.20 Å². The lowest BCUT2D eigenvalue weighted by molar-refractivity contribution is 0.633. The van der Waals surface area contributed by atoms with Crippen LogP contribution in [0.5, 0.6) is 0 Å².